The predicted molar refractivity (Wildman–Crippen MR) is 89.8 cm³/mol. The SMILES string of the molecule is Cc1ccc(CNC(=O)c2c(C)oc(-n3cccc3)c2C#N)cc1F. The molecule has 0 aliphatic heterocycles. The normalized spacial score (nSPS) is 10.5. The summed E-state index contributed by atoms with van der Waals surface area (Å²) < 4.78 is 20.8. The Balaban J connectivity index is 1.85. The van der Waals surface area contributed by atoms with Crippen molar-refractivity contribution >= 4 is 5.91 Å². The fraction of sp³-hybridized carbons (Fsp3) is 0.158. The molecule has 0 saturated heterocycles. The molecule has 25 heavy (non-hydrogen) atoms. The maximum absolute atomic E-state index is 13.6. The highest BCUT2D eigenvalue weighted by Crippen LogP contribution is 2.25. The van der Waals surface area contributed by atoms with E-state index in [9.17, 15) is 14.4 Å². The fourth-order valence-electron chi connectivity index (χ4n) is 2.58. The molecule has 3 aromatic rings. The highest BCUT2D eigenvalue weighted by atomic mass is 19.1. The van der Waals surface area contributed by atoms with Crippen LogP contribution in [-0.4, -0.2) is 10.5 Å². The summed E-state index contributed by atoms with van der Waals surface area (Å²) in [5.41, 5.74) is 1.55. The standard InChI is InChI=1S/C19H16FN3O2/c1-12-5-6-14(9-16(12)20)11-22-18(24)17-13(2)25-19(15(17)10-21)23-7-3-4-8-23/h3-9H,11H2,1-2H3,(H,22,24). The van der Waals surface area contributed by atoms with Crippen LogP contribution in [0.2, 0.25) is 0 Å². The molecule has 0 atom stereocenters. The molecular weight excluding hydrogens is 321 g/mol. The third-order valence-electron chi connectivity index (χ3n) is 3.93. The number of nitrogens with one attached hydrogen (secondary N) is 1. The van der Waals surface area contributed by atoms with Crippen LogP contribution in [-0.2, 0) is 6.54 Å². The van der Waals surface area contributed by atoms with Crippen molar-refractivity contribution in [2.45, 2.75) is 20.4 Å². The Morgan fingerprint density at radius 2 is 2.04 bits per heavy atom. The molecule has 0 aliphatic carbocycles. The minimum Gasteiger partial charge on any atom is -0.443 e. The molecule has 0 radical (unpaired) electrons. The first-order valence-electron chi connectivity index (χ1n) is 7.71. The summed E-state index contributed by atoms with van der Waals surface area (Å²) in [6, 6.07) is 10.4. The molecule has 5 nitrogen and oxygen atoms in total. The van der Waals surface area contributed by atoms with Crippen molar-refractivity contribution in [3.63, 3.8) is 0 Å². The maximum atomic E-state index is 13.6. The number of halogens is 1. The molecule has 0 saturated carbocycles. The number of amides is 1. The van der Waals surface area contributed by atoms with Gasteiger partial charge < -0.3 is 9.73 Å². The number of rotatable bonds is 4. The largest absolute Gasteiger partial charge is 0.443 e. The van der Waals surface area contributed by atoms with Crippen LogP contribution in [0.3, 0.4) is 0 Å². The van der Waals surface area contributed by atoms with Crippen molar-refractivity contribution in [1.82, 2.24) is 9.88 Å². The van der Waals surface area contributed by atoms with Crippen LogP contribution in [0.25, 0.3) is 5.88 Å². The van der Waals surface area contributed by atoms with E-state index in [0.29, 0.717) is 22.8 Å². The predicted octanol–water partition coefficient (Wildman–Crippen LogP) is 3.63. The monoisotopic (exact) mass is 337 g/mol. The van der Waals surface area contributed by atoms with E-state index in [0.717, 1.165) is 0 Å². The molecule has 0 spiro atoms. The fourth-order valence-corrected chi connectivity index (χ4v) is 2.58. The number of nitrogens with zero attached hydrogens (tertiary/aromatic N) is 2. The molecule has 2 aromatic heterocycles. The lowest BCUT2D eigenvalue weighted by Crippen LogP contribution is -2.24. The Hall–Kier alpha value is -3.33. The van der Waals surface area contributed by atoms with Crippen LogP contribution in [0.1, 0.15) is 32.8 Å². The van der Waals surface area contributed by atoms with Crippen LogP contribution >= 0.6 is 0 Å². The quantitative estimate of drug-likeness (QED) is 0.790. The van der Waals surface area contributed by atoms with Gasteiger partial charge in [-0.15, -0.1) is 0 Å². The molecule has 1 amide bonds. The highest BCUT2D eigenvalue weighted by Gasteiger charge is 2.24. The smallest absolute Gasteiger partial charge is 0.256 e. The lowest BCUT2D eigenvalue weighted by atomic mass is 10.1. The summed E-state index contributed by atoms with van der Waals surface area (Å²) in [6.45, 7) is 3.47. The molecule has 1 N–H and O–H groups in total. The van der Waals surface area contributed by atoms with E-state index in [-0.39, 0.29) is 23.5 Å². The van der Waals surface area contributed by atoms with E-state index in [1.807, 2.05) is 6.07 Å². The third kappa shape index (κ3) is 3.17. The van der Waals surface area contributed by atoms with Crippen LogP contribution < -0.4 is 5.32 Å². The van der Waals surface area contributed by atoms with E-state index in [4.69, 9.17) is 4.42 Å². The minimum atomic E-state index is -0.433. The molecule has 0 aliphatic rings. The lowest BCUT2D eigenvalue weighted by molar-refractivity contribution is 0.0949. The second-order valence-corrected chi connectivity index (χ2v) is 5.68. The summed E-state index contributed by atoms with van der Waals surface area (Å²) in [5.74, 6) is -0.0968. The van der Waals surface area contributed by atoms with Crippen LogP contribution in [0.5, 0.6) is 0 Å². The highest BCUT2D eigenvalue weighted by molar-refractivity contribution is 5.98. The van der Waals surface area contributed by atoms with E-state index < -0.39 is 5.91 Å². The second kappa shape index (κ2) is 6.65. The van der Waals surface area contributed by atoms with Gasteiger partial charge >= 0.3 is 0 Å². The van der Waals surface area contributed by atoms with Gasteiger partial charge in [-0.25, -0.2) is 4.39 Å². The summed E-state index contributed by atoms with van der Waals surface area (Å²) in [4.78, 5) is 12.5. The molecule has 1 aromatic carbocycles. The van der Waals surface area contributed by atoms with Gasteiger partial charge in [-0.05, 0) is 43.2 Å². The number of hydrogen-bond donors (Lipinski definition) is 1. The average Bonchev–Trinajstić information content (AvgIpc) is 3.22. The van der Waals surface area contributed by atoms with E-state index in [2.05, 4.69) is 5.32 Å². The number of carbonyl (C=O) groups excluding carboxylic acids is 1. The molecule has 6 heteroatoms. The van der Waals surface area contributed by atoms with Gasteiger partial charge in [0.1, 0.15) is 28.8 Å². The van der Waals surface area contributed by atoms with Crippen molar-refractivity contribution in [2.24, 2.45) is 0 Å². The number of furan rings is 1. The second-order valence-electron chi connectivity index (χ2n) is 5.68. The van der Waals surface area contributed by atoms with E-state index in [1.54, 1.807) is 55.1 Å². The van der Waals surface area contributed by atoms with Gasteiger partial charge in [0.15, 0.2) is 0 Å². The zero-order valence-electron chi connectivity index (χ0n) is 13.8. The van der Waals surface area contributed by atoms with Gasteiger partial charge in [-0.3, -0.25) is 9.36 Å². The van der Waals surface area contributed by atoms with Crippen LogP contribution in [0.4, 0.5) is 4.39 Å². The lowest BCUT2D eigenvalue weighted by Gasteiger charge is -2.06. The number of aryl methyl sites for hydroxylation is 2. The Morgan fingerprint density at radius 3 is 2.68 bits per heavy atom. The van der Waals surface area contributed by atoms with Gasteiger partial charge in [0.2, 0.25) is 5.88 Å². The molecule has 3 rings (SSSR count). The number of nitriles is 1. The first-order chi connectivity index (χ1) is 12.0. The summed E-state index contributed by atoms with van der Waals surface area (Å²) >= 11 is 0. The Labute approximate surface area is 144 Å². The van der Waals surface area contributed by atoms with Crippen LogP contribution in [0.15, 0.2) is 47.1 Å². The topological polar surface area (TPSA) is 71.0 Å². The summed E-state index contributed by atoms with van der Waals surface area (Å²) in [6.07, 6.45) is 3.46. The van der Waals surface area contributed by atoms with Gasteiger partial charge in [-0.2, -0.15) is 5.26 Å². The number of carbonyl (C=O) groups is 1. The molecule has 0 fully saturated rings. The van der Waals surface area contributed by atoms with Crippen molar-refractivity contribution in [1.29, 1.82) is 5.26 Å². The molecular formula is C19H16FN3O2. The number of hydrogen-bond acceptors (Lipinski definition) is 3. The van der Waals surface area contributed by atoms with E-state index in [1.165, 1.54) is 6.07 Å². The maximum Gasteiger partial charge on any atom is 0.256 e. The molecule has 0 bridgehead atoms. The van der Waals surface area contributed by atoms with Gasteiger partial charge in [0, 0.05) is 18.9 Å². The molecule has 0 unspecified atom stereocenters. The summed E-state index contributed by atoms with van der Waals surface area (Å²) in [5, 5.41) is 12.2. The Kier molecular flexibility index (Phi) is 4.40. The minimum absolute atomic E-state index is 0.157. The first kappa shape index (κ1) is 16.5. The summed E-state index contributed by atoms with van der Waals surface area (Å²) in [7, 11) is 0. The number of benzene rings is 1. The van der Waals surface area contributed by atoms with Crippen molar-refractivity contribution in [3.8, 4) is 12.0 Å². The number of aromatic nitrogens is 1. The van der Waals surface area contributed by atoms with E-state index >= 15 is 0 Å². The van der Waals surface area contributed by atoms with Crippen molar-refractivity contribution < 1.29 is 13.6 Å². The Bertz CT molecular complexity index is 965. The molecule has 2 heterocycles. The third-order valence-corrected chi connectivity index (χ3v) is 3.93. The van der Waals surface area contributed by atoms with Crippen molar-refractivity contribution in [2.75, 3.05) is 0 Å². The zero-order chi connectivity index (χ0) is 18.0. The Morgan fingerprint density at radius 1 is 1.32 bits per heavy atom. The van der Waals surface area contributed by atoms with Crippen molar-refractivity contribution in [3.05, 3.63) is 76.6 Å². The average molecular weight is 337 g/mol. The first-order valence-corrected chi connectivity index (χ1v) is 7.71. The zero-order valence-corrected chi connectivity index (χ0v) is 13.8. The van der Waals surface area contributed by atoms with Gasteiger partial charge in [0.25, 0.3) is 5.91 Å². The molecule has 126 valence electrons. The van der Waals surface area contributed by atoms with Gasteiger partial charge in [-0.1, -0.05) is 12.1 Å². The van der Waals surface area contributed by atoms with Crippen LogP contribution in [0, 0.1) is 31.0 Å². The van der Waals surface area contributed by atoms with Gasteiger partial charge in [0.05, 0.1) is 0 Å².